The predicted molar refractivity (Wildman–Crippen MR) is 93.4 cm³/mol. The molecule has 0 aliphatic heterocycles. The second-order valence-electron chi connectivity index (χ2n) is 6.03. The van der Waals surface area contributed by atoms with Gasteiger partial charge in [-0.2, -0.15) is 0 Å². The Morgan fingerprint density at radius 2 is 1.58 bits per heavy atom. The van der Waals surface area contributed by atoms with Crippen LogP contribution in [0, 0.1) is 0 Å². The number of primary amides is 1. The van der Waals surface area contributed by atoms with E-state index in [1.54, 1.807) is 0 Å². The number of ether oxygens (including phenoxy) is 1. The molecule has 134 valence electrons. The van der Waals surface area contributed by atoms with E-state index < -0.39 is 30.4 Å². The van der Waals surface area contributed by atoms with Crippen molar-refractivity contribution in [3.63, 3.8) is 0 Å². The number of carbonyl (C=O) groups excluding carboxylic acids is 2. The van der Waals surface area contributed by atoms with Crippen molar-refractivity contribution in [1.29, 1.82) is 0 Å². The van der Waals surface area contributed by atoms with Gasteiger partial charge >= 0.3 is 12.1 Å². The Kier molecular flexibility index (Phi) is 4.88. The van der Waals surface area contributed by atoms with Crippen LogP contribution >= 0.6 is 0 Å². The van der Waals surface area contributed by atoms with Gasteiger partial charge in [0.15, 0.2) is 0 Å². The SMILES string of the molecule is NC(=O)C[C@@H](NC(=O)OCC1c2ccccc2-c2ccccc21)C(=O)O. The average Bonchev–Trinajstić information content (AvgIpc) is 2.93. The minimum Gasteiger partial charge on any atom is -0.480 e. The Morgan fingerprint density at radius 1 is 1.04 bits per heavy atom. The summed E-state index contributed by atoms with van der Waals surface area (Å²) in [5, 5.41) is 11.2. The fourth-order valence-corrected chi connectivity index (χ4v) is 3.18. The number of aliphatic carboxylic acids is 1. The molecule has 1 atom stereocenters. The lowest BCUT2D eigenvalue weighted by Gasteiger charge is -2.16. The molecule has 2 aromatic carbocycles. The van der Waals surface area contributed by atoms with Crippen LogP contribution in [-0.4, -0.2) is 35.7 Å². The van der Waals surface area contributed by atoms with Crippen molar-refractivity contribution in [2.24, 2.45) is 5.73 Å². The largest absolute Gasteiger partial charge is 0.480 e. The number of carbonyl (C=O) groups is 3. The van der Waals surface area contributed by atoms with Crippen molar-refractivity contribution < 1.29 is 24.2 Å². The molecule has 7 nitrogen and oxygen atoms in total. The minimum absolute atomic E-state index is 0.0583. The van der Waals surface area contributed by atoms with E-state index in [-0.39, 0.29) is 12.5 Å². The number of carboxylic acid groups (broad SMARTS) is 1. The molecule has 0 saturated heterocycles. The second-order valence-corrected chi connectivity index (χ2v) is 6.03. The van der Waals surface area contributed by atoms with E-state index in [1.807, 2.05) is 48.5 Å². The zero-order chi connectivity index (χ0) is 18.7. The molecule has 1 aliphatic carbocycles. The molecule has 0 heterocycles. The van der Waals surface area contributed by atoms with Gasteiger partial charge in [-0.15, -0.1) is 0 Å². The summed E-state index contributed by atoms with van der Waals surface area (Å²) in [6.45, 7) is 0.0583. The number of hydrogen-bond donors (Lipinski definition) is 3. The molecule has 2 amide bonds. The Labute approximate surface area is 149 Å². The van der Waals surface area contributed by atoms with Gasteiger partial charge in [0.2, 0.25) is 5.91 Å². The number of alkyl carbamates (subject to hydrolysis) is 1. The molecule has 0 saturated carbocycles. The van der Waals surface area contributed by atoms with E-state index in [0.29, 0.717) is 0 Å². The highest BCUT2D eigenvalue weighted by molar-refractivity contribution is 5.86. The Hall–Kier alpha value is -3.35. The lowest BCUT2D eigenvalue weighted by Crippen LogP contribution is -2.43. The van der Waals surface area contributed by atoms with Crippen molar-refractivity contribution in [3.05, 3.63) is 59.7 Å². The quantitative estimate of drug-likeness (QED) is 0.731. The highest BCUT2D eigenvalue weighted by atomic mass is 16.5. The lowest BCUT2D eigenvalue weighted by atomic mass is 9.98. The van der Waals surface area contributed by atoms with E-state index in [4.69, 9.17) is 15.6 Å². The Bertz CT molecular complexity index is 819. The summed E-state index contributed by atoms with van der Waals surface area (Å²) < 4.78 is 5.24. The average molecular weight is 354 g/mol. The van der Waals surface area contributed by atoms with Gasteiger partial charge in [0.1, 0.15) is 12.6 Å². The minimum atomic E-state index is -1.41. The van der Waals surface area contributed by atoms with Gasteiger partial charge < -0.3 is 20.9 Å². The maximum Gasteiger partial charge on any atom is 0.407 e. The molecule has 0 unspecified atom stereocenters. The Morgan fingerprint density at radius 3 is 2.08 bits per heavy atom. The van der Waals surface area contributed by atoms with Gasteiger partial charge in [-0.1, -0.05) is 48.5 Å². The number of carboxylic acids is 1. The molecule has 3 rings (SSSR count). The van der Waals surface area contributed by atoms with Gasteiger partial charge in [-0.05, 0) is 22.3 Å². The molecule has 0 radical (unpaired) electrons. The number of rotatable bonds is 6. The van der Waals surface area contributed by atoms with Crippen molar-refractivity contribution in [3.8, 4) is 11.1 Å². The number of fused-ring (bicyclic) bond motifs is 3. The van der Waals surface area contributed by atoms with Crippen molar-refractivity contribution >= 4 is 18.0 Å². The third kappa shape index (κ3) is 3.51. The Balaban J connectivity index is 1.71. The van der Waals surface area contributed by atoms with E-state index in [0.717, 1.165) is 22.3 Å². The molecular weight excluding hydrogens is 336 g/mol. The summed E-state index contributed by atoms with van der Waals surface area (Å²) in [6.07, 6.45) is -1.40. The van der Waals surface area contributed by atoms with E-state index >= 15 is 0 Å². The summed E-state index contributed by atoms with van der Waals surface area (Å²) in [6, 6.07) is 14.3. The van der Waals surface area contributed by atoms with Gasteiger partial charge in [0.05, 0.1) is 6.42 Å². The third-order valence-corrected chi connectivity index (χ3v) is 4.34. The monoisotopic (exact) mass is 354 g/mol. The fraction of sp³-hybridized carbons (Fsp3) is 0.211. The van der Waals surface area contributed by atoms with Crippen LogP contribution in [0.1, 0.15) is 23.5 Å². The molecular formula is C19H18N2O5. The molecule has 0 aromatic heterocycles. The van der Waals surface area contributed by atoms with Crippen molar-refractivity contribution in [2.75, 3.05) is 6.61 Å². The first-order valence-corrected chi connectivity index (χ1v) is 8.10. The van der Waals surface area contributed by atoms with Crippen LogP contribution in [0.25, 0.3) is 11.1 Å². The number of amides is 2. The zero-order valence-corrected chi connectivity index (χ0v) is 13.8. The summed E-state index contributed by atoms with van der Waals surface area (Å²) in [4.78, 5) is 34.0. The van der Waals surface area contributed by atoms with Crippen LogP contribution in [0.4, 0.5) is 4.79 Å². The first kappa shape index (κ1) is 17.5. The molecule has 0 bridgehead atoms. The van der Waals surface area contributed by atoms with Gasteiger partial charge in [0, 0.05) is 5.92 Å². The summed E-state index contributed by atoms with van der Waals surface area (Å²) >= 11 is 0. The summed E-state index contributed by atoms with van der Waals surface area (Å²) in [5.74, 6) is -2.30. The van der Waals surface area contributed by atoms with Crippen LogP contribution in [0.2, 0.25) is 0 Å². The zero-order valence-electron chi connectivity index (χ0n) is 13.8. The normalized spacial score (nSPS) is 13.4. The first-order valence-electron chi connectivity index (χ1n) is 8.10. The van der Waals surface area contributed by atoms with Gasteiger partial charge in [0.25, 0.3) is 0 Å². The molecule has 0 spiro atoms. The molecule has 7 heteroatoms. The van der Waals surface area contributed by atoms with E-state index in [1.165, 1.54) is 0 Å². The van der Waals surface area contributed by atoms with Crippen molar-refractivity contribution in [2.45, 2.75) is 18.4 Å². The highest BCUT2D eigenvalue weighted by Crippen LogP contribution is 2.44. The summed E-state index contributed by atoms with van der Waals surface area (Å²) in [5.41, 5.74) is 9.27. The molecule has 1 aliphatic rings. The van der Waals surface area contributed by atoms with Crippen LogP contribution in [0.15, 0.2) is 48.5 Å². The predicted octanol–water partition coefficient (Wildman–Crippen LogP) is 1.85. The third-order valence-electron chi connectivity index (χ3n) is 4.34. The number of nitrogens with one attached hydrogen (secondary N) is 1. The van der Waals surface area contributed by atoms with E-state index in [2.05, 4.69) is 5.32 Å². The molecule has 4 N–H and O–H groups in total. The standard InChI is InChI=1S/C19H18N2O5/c20-17(22)9-16(18(23)24)21-19(25)26-10-15-13-7-3-1-5-11(13)12-6-2-4-8-14(12)15/h1-8,15-16H,9-10H2,(H2,20,22)(H,21,25)(H,23,24)/t16-/m1/s1. The van der Waals surface area contributed by atoms with Crippen LogP contribution in [0.3, 0.4) is 0 Å². The van der Waals surface area contributed by atoms with Crippen LogP contribution in [-0.2, 0) is 14.3 Å². The molecule has 2 aromatic rings. The number of hydrogen-bond acceptors (Lipinski definition) is 4. The fourth-order valence-electron chi connectivity index (χ4n) is 3.18. The number of benzene rings is 2. The van der Waals surface area contributed by atoms with Crippen LogP contribution < -0.4 is 11.1 Å². The molecule has 26 heavy (non-hydrogen) atoms. The lowest BCUT2D eigenvalue weighted by molar-refractivity contribution is -0.141. The van der Waals surface area contributed by atoms with Gasteiger partial charge in [-0.25, -0.2) is 9.59 Å². The van der Waals surface area contributed by atoms with Gasteiger partial charge in [-0.3, -0.25) is 4.79 Å². The van der Waals surface area contributed by atoms with Crippen LogP contribution in [0.5, 0.6) is 0 Å². The number of nitrogens with two attached hydrogens (primary N) is 1. The van der Waals surface area contributed by atoms with Crippen molar-refractivity contribution in [1.82, 2.24) is 5.32 Å². The second kappa shape index (κ2) is 7.26. The highest BCUT2D eigenvalue weighted by Gasteiger charge is 2.30. The maximum absolute atomic E-state index is 12.0. The molecule has 0 fully saturated rings. The van der Waals surface area contributed by atoms with E-state index in [9.17, 15) is 14.4 Å². The first-order chi connectivity index (χ1) is 12.5. The maximum atomic E-state index is 12.0. The summed E-state index contributed by atoms with van der Waals surface area (Å²) in [7, 11) is 0. The topological polar surface area (TPSA) is 119 Å². The smallest absolute Gasteiger partial charge is 0.407 e.